The van der Waals surface area contributed by atoms with Crippen LogP contribution in [0.3, 0.4) is 0 Å². The number of rotatable bonds is 4. The summed E-state index contributed by atoms with van der Waals surface area (Å²) in [6, 6.07) is 15.6. The molecule has 1 saturated heterocycles. The summed E-state index contributed by atoms with van der Waals surface area (Å²) in [5.41, 5.74) is 3.91. The minimum Gasteiger partial charge on any atom is -0.367 e. The molecule has 2 aliphatic heterocycles. The molecule has 2 heterocycles. The number of amides is 2. The van der Waals surface area contributed by atoms with E-state index >= 15 is 0 Å². The lowest BCUT2D eigenvalue weighted by molar-refractivity contribution is -0.129. The van der Waals surface area contributed by atoms with Crippen molar-refractivity contribution in [1.29, 1.82) is 0 Å². The first-order chi connectivity index (χ1) is 14.5. The number of carbonyl (C=O) groups excluding carboxylic acids is 2. The summed E-state index contributed by atoms with van der Waals surface area (Å²) in [7, 11) is 2.13. The first-order valence-electron chi connectivity index (χ1n) is 10.4. The van der Waals surface area contributed by atoms with Crippen molar-refractivity contribution in [3.05, 3.63) is 65.9 Å². The molecule has 1 fully saturated rings. The molecule has 4 rings (SSSR count). The van der Waals surface area contributed by atoms with Gasteiger partial charge in [0.25, 0.3) is 0 Å². The normalized spacial score (nSPS) is 18.8. The minimum atomic E-state index is -0.306. The second-order valence-corrected chi connectivity index (χ2v) is 7.95. The predicted molar refractivity (Wildman–Crippen MR) is 120 cm³/mol. The van der Waals surface area contributed by atoms with E-state index in [-0.39, 0.29) is 24.3 Å². The Morgan fingerprint density at radius 1 is 1.00 bits per heavy atom. The molecule has 2 aliphatic rings. The molecule has 2 amide bonds. The molecular formula is C24H28N4O2. The van der Waals surface area contributed by atoms with Crippen LogP contribution in [0.4, 0.5) is 11.4 Å². The van der Waals surface area contributed by atoms with E-state index in [9.17, 15) is 9.59 Å². The van der Waals surface area contributed by atoms with Gasteiger partial charge < -0.3 is 20.0 Å². The number of nitrogens with one attached hydrogen (secondary N) is 1. The molecular weight excluding hydrogens is 376 g/mol. The van der Waals surface area contributed by atoms with Crippen molar-refractivity contribution in [2.75, 3.05) is 43.4 Å². The smallest absolute Gasteiger partial charge is 0.226 e. The molecule has 0 aliphatic carbocycles. The first kappa shape index (κ1) is 20.2. The Hall–Kier alpha value is -3.12. The van der Waals surface area contributed by atoms with Crippen molar-refractivity contribution in [2.45, 2.75) is 19.4 Å². The Kier molecular flexibility index (Phi) is 5.86. The third-order valence-electron chi connectivity index (χ3n) is 5.87. The van der Waals surface area contributed by atoms with Crippen molar-refractivity contribution < 1.29 is 9.59 Å². The third kappa shape index (κ3) is 4.24. The highest BCUT2D eigenvalue weighted by atomic mass is 16.2. The van der Waals surface area contributed by atoms with Crippen LogP contribution in [0.5, 0.6) is 0 Å². The molecule has 30 heavy (non-hydrogen) atoms. The number of hydrogen-bond donors (Lipinski definition) is 1. The van der Waals surface area contributed by atoms with Crippen molar-refractivity contribution in [3.8, 4) is 0 Å². The fourth-order valence-corrected chi connectivity index (χ4v) is 4.19. The van der Waals surface area contributed by atoms with Gasteiger partial charge in [0.05, 0.1) is 23.8 Å². The van der Waals surface area contributed by atoms with Crippen LogP contribution in [0.25, 0.3) is 6.08 Å². The molecule has 0 saturated carbocycles. The highest BCUT2D eigenvalue weighted by Gasteiger charge is 2.28. The highest BCUT2D eigenvalue weighted by Crippen LogP contribution is 2.34. The largest absolute Gasteiger partial charge is 0.367 e. The van der Waals surface area contributed by atoms with Crippen LogP contribution in [0, 0.1) is 0 Å². The Morgan fingerprint density at radius 3 is 2.47 bits per heavy atom. The number of hydrogen-bond acceptors (Lipinski definition) is 4. The van der Waals surface area contributed by atoms with E-state index in [1.54, 1.807) is 11.1 Å². The second-order valence-electron chi connectivity index (χ2n) is 7.95. The summed E-state index contributed by atoms with van der Waals surface area (Å²) in [4.78, 5) is 31.5. The van der Waals surface area contributed by atoms with Gasteiger partial charge in [-0.2, -0.15) is 0 Å². The van der Waals surface area contributed by atoms with E-state index in [2.05, 4.69) is 28.2 Å². The topological polar surface area (TPSA) is 55.9 Å². The Balaban J connectivity index is 1.52. The quantitative estimate of drug-likeness (QED) is 0.849. The van der Waals surface area contributed by atoms with Gasteiger partial charge in [-0.15, -0.1) is 0 Å². The summed E-state index contributed by atoms with van der Waals surface area (Å²) in [5, 5.41) is 3.10. The summed E-state index contributed by atoms with van der Waals surface area (Å²) in [6.45, 7) is 5.40. The lowest BCUT2D eigenvalue weighted by Crippen LogP contribution is -2.44. The van der Waals surface area contributed by atoms with Gasteiger partial charge in [-0.25, -0.2) is 0 Å². The van der Waals surface area contributed by atoms with E-state index in [1.807, 2.05) is 48.5 Å². The van der Waals surface area contributed by atoms with Crippen molar-refractivity contribution >= 4 is 29.3 Å². The van der Waals surface area contributed by atoms with Crippen LogP contribution in [0.2, 0.25) is 0 Å². The molecule has 1 N–H and O–H groups in total. The molecule has 0 spiro atoms. The standard InChI is InChI=1S/C24H28N4O2/c1-18(29)28-12-11-19-7-3-4-8-20(19)23(28)17-24(30)25-21-9-5-6-10-22(21)27-15-13-26(2)14-16-27/h3-12,23H,13-17H2,1-2H3,(H,25,30). The maximum absolute atomic E-state index is 13.0. The number of carbonyl (C=O) groups is 2. The monoisotopic (exact) mass is 404 g/mol. The van der Waals surface area contributed by atoms with Crippen LogP contribution in [-0.4, -0.2) is 54.8 Å². The fourth-order valence-electron chi connectivity index (χ4n) is 4.19. The maximum atomic E-state index is 13.0. The van der Waals surface area contributed by atoms with Gasteiger partial charge in [-0.3, -0.25) is 9.59 Å². The van der Waals surface area contributed by atoms with Gasteiger partial charge in [0.1, 0.15) is 0 Å². The lowest BCUT2D eigenvalue weighted by Gasteiger charge is -2.35. The molecule has 1 unspecified atom stereocenters. The van der Waals surface area contributed by atoms with Gasteiger partial charge in [-0.1, -0.05) is 36.4 Å². The Bertz CT molecular complexity index is 963. The SMILES string of the molecule is CC(=O)N1C=Cc2ccccc2C1CC(=O)Nc1ccccc1N1CCN(C)CC1. The number of likely N-dealkylation sites (N-methyl/N-ethyl adjacent to an activating group) is 1. The van der Waals surface area contributed by atoms with E-state index in [0.29, 0.717) is 0 Å². The number of para-hydroxylation sites is 2. The molecule has 0 bridgehead atoms. The molecule has 0 radical (unpaired) electrons. The number of fused-ring (bicyclic) bond motifs is 1. The van der Waals surface area contributed by atoms with Crippen molar-refractivity contribution in [2.24, 2.45) is 0 Å². The third-order valence-corrected chi connectivity index (χ3v) is 5.87. The Morgan fingerprint density at radius 2 is 1.70 bits per heavy atom. The lowest BCUT2D eigenvalue weighted by atomic mass is 9.93. The molecule has 6 nitrogen and oxygen atoms in total. The zero-order valence-electron chi connectivity index (χ0n) is 17.5. The van der Waals surface area contributed by atoms with Crippen molar-refractivity contribution in [3.63, 3.8) is 0 Å². The number of nitrogens with zero attached hydrogens (tertiary/aromatic N) is 3. The number of piperazine rings is 1. The molecule has 2 aromatic carbocycles. The van der Waals surface area contributed by atoms with Crippen LogP contribution >= 0.6 is 0 Å². The van der Waals surface area contributed by atoms with Gasteiger partial charge in [0.15, 0.2) is 0 Å². The molecule has 0 aromatic heterocycles. The van der Waals surface area contributed by atoms with Gasteiger partial charge in [0, 0.05) is 39.3 Å². The van der Waals surface area contributed by atoms with Crippen LogP contribution in [-0.2, 0) is 9.59 Å². The fraction of sp³-hybridized carbons (Fsp3) is 0.333. The second kappa shape index (κ2) is 8.71. The van der Waals surface area contributed by atoms with E-state index < -0.39 is 0 Å². The molecule has 2 aromatic rings. The zero-order valence-corrected chi connectivity index (χ0v) is 17.5. The summed E-state index contributed by atoms with van der Waals surface area (Å²) in [5.74, 6) is -0.172. The van der Waals surface area contributed by atoms with Gasteiger partial charge in [0.2, 0.25) is 11.8 Å². The Labute approximate surface area is 177 Å². The van der Waals surface area contributed by atoms with Crippen LogP contribution in [0.1, 0.15) is 30.5 Å². The van der Waals surface area contributed by atoms with E-state index in [0.717, 1.165) is 48.7 Å². The average Bonchev–Trinajstić information content (AvgIpc) is 2.75. The molecule has 1 atom stereocenters. The average molecular weight is 405 g/mol. The van der Waals surface area contributed by atoms with Crippen molar-refractivity contribution in [1.82, 2.24) is 9.80 Å². The highest BCUT2D eigenvalue weighted by molar-refractivity contribution is 5.95. The van der Waals surface area contributed by atoms with Crippen LogP contribution in [0.15, 0.2) is 54.7 Å². The molecule has 156 valence electrons. The number of anilines is 2. The van der Waals surface area contributed by atoms with Crippen LogP contribution < -0.4 is 10.2 Å². The van der Waals surface area contributed by atoms with E-state index in [4.69, 9.17) is 0 Å². The summed E-state index contributed by atoms with van der Waals surface area (Å²) < 4.78 is 0. The first-order valence-corrected chi connectivity index (χ1v) is 10.4. The molecule has 6 heteroatoms. The zero-order chi connectivity index (χ0) is 21.1. The predicted octanol–water partition coefficient (Wildman–Crippen LogP) is 3.34. The van der Waals surface area contributed by atoms with Gasteiger partial charge in [-0.05, 0) is 36.4 Å². The van der Waals surface area contributed by atoms with Gasteiger partial charge >= 0.3 is 0 Å². The maximum Gasteiger partial charge on any atom is 0.226 e. The minimum absolute atomic E-state index is 0.0728. The summed E-state index contributed by atoms with van der Waals surface area (Å²) >= 11 is 0. The number of benzene rings is 2. The van der Waals surface area contributed by atoms with E-state index in [1.165, 1.54) is 6.92 Å². The summed E-state index contributed by atoms with van der Waals surface area (Å²) in [6.07, 6.45) is 3.91.